The first-order valence-electron chi connectivity index (χ1n) is 10.2. The molecular formula is C26H34BiN. The van der Waals surface area contributed by atoms with E-state index in [1.807, 2.05) is 14.1 Å². The summed E-state index contributed by atoms with van der Waals surface area (Å²) in [5.74, 6) is 0. The van der Waals surface area contributed by atoms with Gasteiger partial charge in [0.25, 0.3) is 0 Å². The van der Waals surface area contributed by atoms with Crippen LogP contribution >= 0.6 is 0 Å². The maximum Gasteiger partial charge on any atom is -0.0167 e. The van der Waals surface area contributed by atoms with Crippen molar-refractivity contribution < 1.29 is 0 Å². The van der Waals surface area contributed by atoms with Crippen molar-refractivity contribution in [2.75, 3.05) is 14.1 Å². The fourth-order valence-electron chi connectivity index (χ4n) is 3.31. The molecule has 0 unspecified atom stereocenters. The molecule has 3 aromatic carbocycles. The summed E-state index contributed by atoms with van der Waals surface area (Å²) in [4.78, 5) is 0. The number of hydrogen-bond acceptors (Lipinski definition) is 1. The third-order valence-electron chi connectivity index (χ3n) is 4.75. The Bertz CT molecular complexity index is 838. The van der Waals surface area contributed by atoms with Crippen LogP contribution in [0.5, 0.6) is 0 Å². The predicted molar refractivity (Wildman–Crippen MR) is 127 cm³/mol. The summed E-state index contributed by atoms with van der Waals surface area (Å²) in [5.41, 5.74) is 5.72. The van der Waals surface area contributed by atoms with Gasteiger partial charge >= 0.3 is 161 Å². The summed E-state index contributed by atoms with van der Waals surface area (Å²) < 4.78 is 4.80. The Morgan fingerprint density at radius 1 is 0.714 bits per heavy atom. The standard InChI is InChI=1S/3C8H9.C2H7N.Bi/c1-7-4-3-5-8(2)6-7;2*1-2-8-6-4-3-5-7-8;1-3-2;/h3-4,6H,1-2H3;2*3-4,6-7H,2H2,1H3;3H,1-2H3;. The van der Waals surface area contributed by atoms with Gasteiger partial charge in [0, 0.05) is 0 Å². The van der Waals surface area contributed by atoms with Crippen LogP contribution < -0.4 is 15.1 Å². The van der Waals surface area contributed by atoms with Crippen LogP contribution in [0.1, 0.15) is 36.1 Å². The average molecular weight is 570 g/mol. The molecule has 1 nitrogen and oxygen atoms in total. The van der Waals surface area contributed by atoms with Crippen LogP contribution in [0.25, 0.3) is 0 Å². The van der Waals surface area contributed by atoms with E-state index < -0.39 is 21.8 Å². The topological polar surface area (TPSA) is 12.0 Å². The summed E-state index contributed by atoms with van der Waals surface area (Å²) in [6.45, 7) is 8.98. The SMILES string of the molecule is CCc1ccc[c]([Bi]([c]2cccc(CC)c2)[c]2ccc(C)cc2C)c1.CNC. The zero-order valence-corrected chi connectivity index (χ0v) is 21.7. The second-order valence-corrected chi connectivity index (χ2v) is 15.7. The van der Waals surface area contributed by atoms with E-state index in [1.54, 1.807) is 9.81 Å². The van der Waals surface area contributed by atoms with E-state index in [1.165, 1.54) is 22.3 Å². The van der Waals surface area contributed by atoms with Gasteiger partial charge in [-0.05, 0) is 14.1 Å². The molecule has 0 saturated heterocycles. The van der Waals surface area contributed by atoms with Crippen molar-refractivity contribution in [1.29, 1.82) is 0 Å². The van der Waals surface area contributed by atoms with Gasteiger partial charge in [0.05, 0.1) is 0 Å². The Kier molecular flexibility index (Phi) is 9.35. The quantitative estimate of drug-likeness (QED) is 0.462. The molecule has 0 bridgehead atoms. The van der Waals surface area contributed by atoms with Crippen LogP contribution in [0.4, 0.5) is 0 Å². The average Bonchev–Trinajstić information content (AvgIpc) is 2.71. The van der Waals surface area contributed by atoms with Gasteiger partial charge in [-0.25, -0.2) is 0 Å². The Balaban J connectivity index is 0.000000878. The minimum absolute atomic E-state index is 1.10. The third-order valence-corrected chi connectivity index (χ3v) is 14.7. The molecule has 0 spiro atoms. The van der Waals surface area contributed by atoms with Crippen LogP contribution in [0.3, 0.4) is 0 Å². The number of nitrogens with one attached hydrogen (secondary N) is 1. The zero-order chi connectivity index (χ0) is 20.5. The molecule has 2 heteroatoms. The van der Waals surface area contributed by atoms with Crippen molar-refractivity contribution >= 4 is 31.6 Å². The molecule has 28 heavy (non-hydrogen) atoms. The number of aryl methyl sites for hydroxylation is 4. The van der Waals surface area contributed by atoms with Crippen molar-refractivity contribution in [3.05, 3.63) is 89.0 Å². The maximum absolute atomic E-state index is 2.75. The molecule has 0 amide bonds. The first-order chi connectivity index (χ1) is 13.5. The van der Waals surface area contributed by atoms with E-state index in [2.05, 4.69) is 99.7 Å². The fraction of sp³-hybridized carbons (Fsp3) is 0.308. The molecule has 0 aliphatic heterocycles. The first-order valence-corrected chi connectivity index (χ1v) is 15.4. The Labute approximate surface area is 179 Å². The van der Waals surface area contributed by atoms with Crippen LogP contribution in [-0.2, 0) is 12.8 Å². The number of rotatable bonds is 5. The summed E-state index contributed by atoms with van der Waals surface area (Å²) in [6.07, 6.45) is 2.21. The van der Waals surface area contributed by atoms with Gasteiger partial charge in [-0.15, -0.1) is 0 Å². The van der Waals surface area contributed by atoms with Crippen LogP contribution in [0.2, 0.25) is 0 Å². The van der Waals surface area contributed by atoms with Gasteiger partial charge in [-0.3, -0.25) is 0 Å². The molecular weight excluding hydrogens is 535 g/mol. The summed E-state index contributed by atoms with van der Waals surface area (Å²) >= 11 is -2.27. The minimum Gasteiger partial charge on any atom is -0.323 e. The Hall–Kier alpha value is -1.50. The van der Waals surface area contributed by atoms with Gasteiger partial charge in [-0.1, -0.05) is 0 Å². The second kappa shape index (κ2) is 11.5. The van der Waals surface area contributed by atoms with Crippen molar-refractivity contribution in [1.82, 2.24) is 5.32 Å². The van der Waals surface area contributed by atoms with E-state index in [0.29, 0.717) is 0 Å². The summed E-state index contributed by atoms with van der Waals surface area (Å²) in [7, 11) is 3.75. The van der Waals surface area contributed by atoms with Gasteiger partial charge in [-0.2, -0.15) is 0 Å². The summed E-state index contributed by atoms with van der Waals surface area (Å²) in [5, 5.41) is 2.75. The Morgan fingerprint density at radius 2 is 1.21 bits per heavy atom. The fourth-order valence-corrected chi connectivity index (χ4v) is 13.2. The molecule has 0 aliphatic rings. The van der Waals surface area contributed by atoms with Gasteiger partial charge in [0.1, 0.15) is 0 Å². The molecule has 0 heterocycles. The van der Waals surface area contributed by atoms with Gasteiger partial charge < -0.3 is 5.32 Å². The predicted octanol–water partition coefficient (Wildman–Crippen LogP) is 3.78. The van der Waals surface area contributed by atoms with E-state index in [0.717, 1.165) is 12.8 Å². The smallest absolute Gasteiger partial charge is 0.0167 e. The van der Waals surface area contributed by atoms with Crippen LogP contribution in [-0.4, -0.2) is 35.8 Å². The van der Waals surface area contributed by atoms with E-state index in [9.17, 15) is 0 Å². The van der Waals surface area contributed by atoms with Crippen molar-refractivity contribution in [2.45, 2.75) is 40.5 Å². The normalized spacial score (nSPS) is 10.5. The number of hydrogen-bond donors (Lipinski definition) is 1. The Morgan fingerprint density at radius 3 is 1.64 bits per heavy atom. The molecule has 0 saturated carbocycles. The van der Waals surface area contributed by atoms with E-state index in [-0.39, 0.29) is 0 Å². The van der Waals surface area contributed by atoms with Crippen molar-refractivity contribution in [3.63, 3.8) is 0 Å². The first kappa shape index (κ1) is 22.8. The van der Waals surface area contributed by atoms with Gasteiger partial charge in [0.15, 0.2) is 0 Å². The number of benzene rings is 3. The maximum atomic E-state index is 2.75. The molecule has 3 aromatic rings. The largest absolute Gasteiger partial charge is 0.323 e. The van der Waals surface area contributed by atoms with E-state index in [4.69, 9.17) is 0 Å². The summed E-state index contributed by atoms with van der Waals surface area (Å²) in [6, 6.07) is 25.7. The van der Waals surface area contributed by atoms with Crippen molar-refractivity contribution in [3.8, 4) is 0 Å². The molecule has 148 valence electrons. The molecule has 0 radical (unpaired) electrons. The molecule has 0 aromatic heterocycles. The van der Waals surface area contributed by atoms with Crippen molar-refractivity contribution in [2.24, 2.45) is 0 Å². The molecule has 1 N–H and O–H groups in total. The second-order valence-electron chi connectivity index (χ2n) is 7.17. The molecule has 0 fully saturated rings. The van der Waals surface area contributed by atoms with Crippen LogP contribution in [0.15, 0.2) is 66.7 Å². The minimum atomic E-state index is -2.27. The zero-order valence-electron chi connectivity index (χ0n) is 18.2. The van der Waals surface area contributed by atoms with Gasteiger partial charge in [0.2, 0.25) is 0 Å². The van der Waals surface area contributed by atoms with Crippen LogP contribution in [0, 0.1) is 13.8 Å². The molecule has 3 rings (SSSR count). The third kappa shape index (κ3) is 6.00. The molecule has 0 aliphatic carbocycles. The molecule has 0 atom stereocenters. The van der Waals surface area contributed by atoms with E-state index >= 15 is 0 Å². The monoisotopic (exact) mass is 569 g/mol.